The fourth-order valence-corrected chi connectivity index (χ4v) is 2.06. The topological polar surface area (TPSA) is 33.5 Å². The maximum atomic E-state index is 11.9. The molecule has 0 unspecified atom stereocenters. The third-order valence-electron chi connectivity index (χ3n) is 3.02. The van der Waals surface area contributed by atoms with Crippen molar-refractivity contribution in [1.82, 2.24) is 4.90 Å². The van der Waals surface area contributed by atoms with Gasteiger partial charge < -0.3 is 9.32 Å². The van der Waals surface area contributed by atoms with E-state index in [-0.39, 0.29) is 5.91 Å². The largest absolute Gasteiger partial charge is 0.465 e. The molecule has 3 nitrogen and oxygen atoms in total. The molecule has 1 aromatic rings. The number of hydrogen-bond donors (Lipinski definition) is 0. The van der Waals surface area contributed by atoms with E-state index in [1.54, 1.807) is 18.4 Å². The lowest BCUT2D eigenvalue weighted by Crippen LogP contribution is -2.41. The van der Waals surface area contributed by atoms with E-state index >= 15 is 0 Å². The molecule has 16 heavy (non-hydrogen) atoms. The highest BCUT2D eigenvalue weighted by molar-refractivity contribution is 5.91. The Morgan fingerprint density at radius 3 is 3.12 bits per heavy atom. The van der Waals surface area contributed by atoms with Crippen molar-refractivity contribution >= 4 is 12.0 Å². The Morgan fingerprint density at radius 1 is 1.56 bits per heavy atom. The van der Waals surface area contributed by atoms with Crippen LogP contribution in [0.2, 0.25) is 0 Å². The van der Waals surface area contributed by atoms with Gasteiger partial charge in [-0.15, -0.1) is 0 Å². The Morgan fingerprint density at radius 2 is 2.44 bits per heavy atom. The lowest BCUT2D eigenvalue weighted by molar-refractivity contribution is -0.129. The predicted molar refractivity (Wildman–Crippen MR) is 62.8 cm³/mol. The van der Waals surface area contributed by atoms with Gasteiger partial charge >= 0.3 is 0 Å². The molecule has 0 N–H and O–H groups in total. The first kappa shape index (κ1) is 11.0. The molecule has 86 valence electrons. The lowest BCUT2D eigenvalue weighted by Gasteiger charge is -2.32. The van der Waals surface area contributed by atoms with Crippen molar-refractivity contribution < 1.29 is 9.21 Å². The summed E-state index contributed by atoms with van der Waals surface area (Å²) in [7, 11) is 0. The molecule has 0 aliphatic carbocycles. The summed E-state index contributed by atoms with van der Waals surface area (Å²) in [5, 5.41) is 0. The van der Waals surface area contributed by atoms with E-state index in [0.717, 1.165) is 25.1 Å². The Hall–Kier alpha value is -1.51. The van der Waals surface area contributed by atoms with Gasteiger partial charge in [-0.1, -0.05) is 0 Å². The van der Waals surface area contributed by atoms with Gasteiger partial charge in [-0.25, -0.2) is 0 Å². The van der Waals surface area contributed by atoms with E-state index in [9.17, 15) is 4.79 Å². The average Bonchev–Trinajstić information content (AvgIpc) is 2.79. The third-order valence-corrected chi connectivity index (χ3v) is 3.02. The fourth-order valence-electron chi connectivity index (χ4n) is 2.06. The highest BCUT2D eigenvalue weighted by Gasteiger charge is 2.21. The summed E-state index contributed by atoms with van der Waals surface area (Å²) in [5.41, 5.74) is 0. The highest BCUT2D eigenvalue weighted by atomic mass is 16.3. The van der Waals surface area contributed by atoms with E-state index in [1.807, 2.05) is 17.0 Å². The average molecular weight is 219 g/mol. The maximum Gasteiger partial charge on any atom is 0.246 e. The smallest absolute Gasteiger partial charge is 0.246 e. The Balaban J connectivity index is 1.97. The van der Waals surface area contributed by atoms with Gasteiger partial charge in [-0.05, 0) is 44.4 Å². The van der Waals surface area contributed by atoms with Crippen molar-refractivity contribution in [3.8, 4) is 0 Å². The molecule has 1 aromatic heterocycles. The molecule has 2 rings (SSSR count). The molecule has 2 heterocycles. The van der Waals surface area contributed by atoms with Gasteiger partial charge in [-0.2, -0.15) is 0 Å². The molecule has 3 heteroatoms. The number of carbonyl (C=O) groups is 1. The zero-order valence-electron chi connectivity index (χ0n) is 9.56. The van der Waals surface area contributed by atoms with Crippen LogP contribution in [-0.2, 0) is 4.79 Å². The summed E-state index contributed by atoms with van der Waals surface area (Å²) in [6.07, 6.45) is 8.38. The summed E-state index contributed by atoms with van der Waals surface area (Å²) in [5.74, 6) is 0.807. The number of hydrogen-bond acceptors (Lipinski definition) is 2. The SMILES string of the molecule is C[C@H]1CCCCN1C(=O)/C=C/c1ccco1. The molecule has 1 amide bonds. The number of likely N-dealkylation sites (tertiary alicyclic amines) is 1. The van der Waals surface area contributed by atoms with Gasteiger partial charge in [0.2, 0.25) is 5.91 Å². The predicted octanol–water partition coefficient (Wildman–Crippen LogP) is 2.69. The first-order chi connectivity index (χ1) is 7.77. The van der Waals surface area contributed by atoms with E-state index in [1.165, 1.54) is 6.42 Å². The molecule has 0 radical (unpaired) electrons. The standard InChI is InChI=1S/C13H17NO2/c1-11-5-2-3-9-14(11)13(15)8-7-12-6-4-10-16-12/h4,6-8,10-11H,2-3,5,9H2,1H3/b8-7+/t11-/m0/s1. The van der Waals surface area contributed by atoms with E-state index in [4.69, 9.17) is 4.42 Å². The van der Waals surface area contributed by atoms with Crippen LogP contribution in [0.4, 0.5) is 0 Å². The van der Waals surface area contributed by atoms with Crippen LogP contribution in [0.1, 0.15) is 31.9 Å². The van der Waals surface area contributed by atoms with Gasteiger partial charge in [0.25, 0.3) is 0 Å². The first-order valence-corrected chi connectivity index (χ1v) is 5.79. The second kappa shape index (κ2) is 5.01. The third kappa shape index (κ3) is 2.54. The first-order valence-electron chi connectivity index (χ1n) is 5.79. The molecule has 1 saturated heterocycles. The summed E-state index contributed by atoms with van der Waals surface area (Å²) >= 11 is 0. The second-order valence-electron chi connectivity index (χ2n) is 4.23. The molecule has 0 saturated carbocycles. The Kier molecular flexibility index (Phi) is 3.44. The van der Waals surface area contributed by atoms with Gasteiger partial charge in [0.05, 0.1) is 6.26 Å². The molecular formula is C13H17NO2. The van der Waals surface area contributed by atoms with Crippen LogP contribution in [0, 0.1) is 0 Å². The van der Waals surface area contributed by atoms with Crippen LogP contribution in [0.3, 0.4) is 0 Å². The summed E-state index contributed by atoms with van der Waals surface area (Å²) in [6, 6.07) is 4.01. The Bertz CT molecular complexity index is 367. The monoisotopic (exact) mass is 219 g/mol. The summed E-state index contributed by atoms with van der Waals surface area (Å²) in [6.45, 7) is 2.99. The highest BCUT2D eigenvalue weighted by Crippen LogP contribution is 2.17. The fraction of sp³-hybridized carbons (Fsp3) is 0.462. The van der Waals surface area contributed by atoms with Crippen LogP contribution in [0.5, 0.6) is 0 Å². The van der Waals surface area contributed by atoms with Crippen molar-refractivity contribution in [1.29, 1.82) is 0 Å². The molecule has 1 aliphatic heterocycles. The van der Waals surface area contributed by atoms with Crippen LogP contribution in [0.25, 0.3) is 6.08 Å². The van der Waals surface area contributed by atoms with Gasteiger partial charge in [0.15, 0.2) is 0 Å². The second-order valence-corrected chi connectivity index (χ2v) is 4.23. The number of carbonyl (C=O) groups excluding carboxylic acids is 1. The van der Waals surface area contributed by atoms with Crippen LogP contribution < -0.4 is 0 Å². The van der Waals surface area contributed by atoms with Crippen molar-refractivity contribution in [2.75, 3.05) is 6.54 Å². The molecule has 1 aliphatic rings. The van der Waals surface area contributed by atoms with E-state index in [2.05, 4.69) is 6.92 Å². The van der Waals surface area contributed by atoms with E-state index < -0.39 is 0 Å². The van der Waals surface area contributed by atoms with Crippen molar-refractivity contribution in [3.05, 3.63) is 30.2 Å². The van der Waals surface area contributed by atoms with Crippen molar-refractivity contribution in [2.24, 2.45) is 0 Å². The number of amides is 1. The summed E-state index contributed by atoms with van der Waals surface area (Å²) in [4.78, 5) is 13.8. The normalized spacial score (nSPS) is 21.6. The van der Waals surface area contributed by atoms with Gasteiger partial charge in [0, 0.05) is 18.7 Å². The molecule has 0 aromatic carbocycles. The number of rotatable bonds is 2. The molecule has 0 bridgehead atoms. The lowest BCUT2D eigenvalue weighted by atomic mass is 10.0. The zero-order valence-corrected chi connectivity index (χ0v) is 9.56. The minimum Gasteiger partial charge on any atom is -0.465 e. The van der Waals surface area contributed by atoms with Crippen LogP contribution >= 0.6 is 0 Å². The molecule has 1 fully saturated rings. The number of furan rings is 1. The van der Waals surface area contributed by atoms with Crippen LogP contribution in [0.15, 0.2) is 28.9 Å². The van der Waals surface area contributed by atoms with Gasteiger partial charge in [-0.3, -0.25) is 4.79 Å². The quantitative estimate of drug-likeness (QED) is 0.716. The van der Waals surface area contributed by atoms with E-state index in [0.29, 0.717) is 6.04 Å². The van der Waals surface area contributed by atoms with Crippen molar-refractivity contribution in [2.45, 2.75) is 32.2 Å². The molecular weight excluding hydrogens is 202 g/mol. The summed E-state index contributed by atoms with van der Waals surface area (Å²) < 4.78 is 5.14. The maximum absolute atomic E-state index is 11.9. The number of piperidine rings is 1. The number of nitrogens with zero attached hydrogens (tertiary/aromatic N) is 1. The molecule has 1 atom stereocenters. The Labute approximate surface area is 95.7 Å². The molecule has 0 spiro atoms. The zero-order chi connectivity index (χ0) is 11.4. The van der Waals surface area contributed by atoms with Crippen LogP contribution in [-0.4, -0.2) is 23.4 Å². The van der Waals surface area contributed by atoms with Crippen molar-refractivity contribution in [3.63, 3.8) is 0 Å². The van der Waals surface area contributed by atoms with Gasteiger partial charge in [0.1, 0.15) is 5.76 Å². The minimum atomic E-state index is 0.0867. The minimum absolute atomic E-state index is 0.0867.